The van der Waals surface area contributed by atoms with Crippen LogP contribution in [0.1, 0.15) is 37.1 Å². The van der Waals surface area contributed by atoms with Gasteiger partial charge in [-0.2, -0.15) is 4.31 Å². The Labute approximate surface area is 136 Å². The van der Waals surface area contributed by atoms with Crippen LogP contribution >= 0.6 is 0 Å². The second-order valence-electron chi connectivity index (χ2n) is 6.24. The summed E-state index contributed by atoms with van der Waals surface area (Å²) in [5.41, 5.74) is 0.290. The maximum Gasteiger partial charge on any atom is 0.248 e. The topological polar surface area (TPSA) is 110 Å². The molecule has 10 heteroatoms. The van der Waals surface area contributed by atoms with E-state index in [0.29, 0.717) is 0 Å². The SMILES string of the molecule is Cc1noc(C)c1S(=O)(=O)N1CC(S(=O)(=O)NC2CCCC2)C1. The molecule has 130 valence electrons. The Balaban J connectivity index is 1.68. The van der Waals surface area contributed by atoms with Crippen molar-refractivity contribution in [1.29, 1.82) is 0 Å². The number of hydrogen-bond donors (Lipinski definition) is 1. The first-order valence-electron chi connectivity index (χ1n) is 7.66. The molecule has 0 amide bonds. The van der Waals surface area contributed by atoms with E-state index in [2.05, 4.69) is 9.88 Å². The average Bonchev–Trinajstić information content (AvgIpc) is 2.96. The number of nitrogens with one attached hydrogen (secondary N) is 1. The lowest BCUT2D eigenvalue weighted by atomic mass is 10.3. The van der Waals surface area contributed by atoms with Gasteiger partial charge in [-0.15, -0.1) is 0 Å². The maximum atomic E-state index is 12.5. The van der Waals surface area contributed by atoms with Crippen molar-refractivity contribution in [3.8, 4) is 0 Å². The van der Waals surface area contributed by atoms with Gasteiger partial charge < -0.3 is 4.52 Å². The van der Waals surface area contributed by atoms with Gasteiger partial charge in [0.1, 0.15) is 15.8 Å². The molecule has 23 heavy (non-hydrogen) atoms. The van der Waals surface area contributed by atoms with Crippen LogP contribution in [0.25, 0.3) is 0 Å². The summed E-state index contributed by atoms with van der Waals surface area (Å²) >= 11 is 0. The van der Waals surface area contributed by atoms with Crippen LogP contribution < -0.4 is 4.72 Å². The van der Waals surface area contributed by atoms with E-state index in [9.17, 15) is 16.8 Å². The average molecular weight is 363 g/mol. The third-order valence-corrected chi connectivity index (χ3v) is 8.42. The summed E-state index contributed by atoms with van der Waals surface area (Å²) in [5.74, 6) is 0.220. The monoisotopic (exact) mass is 363 g/mol. The minimum Gasteiger partial charge on any atom is -0.360 e. The van der Waals surface area contributed by atoms with Crippen LogP contribution in [0.2, 0.25) is 0 Å². The lowest BCUT2D eigenvalue weighted by Crippen LogP contribution is -2.60. The normalized spacial score (nSPS) is 21.7. The van der Waals surface area contributed by atoms with Gasteiger partial charge in [-0.05, 0) is 26.7 Å². The van der Waals surface area contributed by atoms with E-state index in [1.807, 2.05) is 0 Å². The fourth-order valence-corrected chi connectivity index (χ4v) is 6.79. The Kier molecular flexibility index (Phi) is 4.28. The van der Waals surface area contributed by atoms with E-state index < -0.39 is 25.3 Å². The molecule has 8 nitrogen and oxygen atoms in total. The number of hydrogen-bond acceptors (Lipinski definition) is 6. The molecule has 0 radical (unpaired) electrons. The van der Waals surface area contributed by atoms with Crippen molar-refractivity contribution >= 4 is 20.0 Å². The summed E-state index contributed by atoms with van der Waals surface area (Å²) in [6.07, 6.45) is 3.77. The first-order chi connectivity index (χ1) is 10.7. The first-order valence-corrected chi connectivity index (χ1v) is 10.6. The summed E-state index contributed by atoms with van der Waals surface area (Å²) in [4.78, 5) is 0.0390. The van der Waals surface area contributed by atoms with Crippen molar-refractivity contribution in [2.45, 2.75) is 55.7 Å². The van der Waals surface area contributed by atoms with Crippen molar-refractivity contribution in [1.82, 2.24) is 14.2 Å². The molecule has 3 rings (SSSR count). The van der Waals surface area contributed by atoms with Crippen molar-refractivity contribution in [3.05, 3.63) is 11.5 Å². The molecule has 0 unspecified atom stereocenters. The molecule has 2 heterocycles. The van der Waals surface area contributed by atoms with Crippen LogP contribution in [0.15, 0.2) is 9.42 Å². The lowest BCUT2D eigenvalue weighted by molar-refractivity contribution is 0.306. The van der Waals surface area contributed by atoms with Crippen molar-refractivity contribution in [3.63, 3.8) is 0 Å². The van der Waals surface area contributed by atoms with Gasteiger partial charge in [-0.25, -0.2) is 21.6 Å². The number of aromatic nitrogens is 1. The Morgan fingerprint density at radius 1 is 1.13 bits per heavy atom. The minimum atomic E-state index is -3.76. The van der Waals surface area contributed by atoms with Crippen molar-refractivity contribution in [2.24, 2.45) is 0 Å². The molecule has 0 atom stereocenters. The van der Waals surface area contributed by atoms with Crippen LogP contribution in [0.3, 0.4) is 0 Å². The standard InChI is InChI=1S/C13H21N3O5S2/c1-9-13(10(2)21-14-9)23(19,20)16-7-12(8-16)22(17,18)15-11-5-3-4-6-11/h11-12,15H,3-8H2,1-2H3. The largest absolute Gasteiger partial charge is 0.360 e. The van der Waals surface area contributed by atoms with Crippen molar-refractivity contribution in [2.75, 3.05) is 13.1 Å². The van der Waals surface area contributed by atoms with Gasteiger partial charge in [-0.3, -0.25) is 0 Å². The summed E-state index contributed by atoms with van der Waals surface area (Å²) in [7, 11) is -7.24. The highest BCUT2D eigenvalue weighted by Gasteiger charge is 2.45. The van der Waals surface area contributed by atoms with Crippen LogP contribution in [-0.4, -0.2) is 50.7 Å². The summed E-state index contributed by atoms with van der Waals surface area (Å²) in [5, 5.41) is 2.95. The molecular formula is C13H21N3O5S2. The molecule has 0 spiro atoms. The number of aryl methyl sites for hydroxylation is 2. The minimum absolute atomic E-state index is 0.00628. The first kappa shape index (κ1) is 16.9. The van der Waals surface area contributed by atoms with Gasteiger partial charge in [0.15, 0.2) is 5.76 Å². The van der Waals surface area contributed by atoms with E-state index in [0.717, 1.165) is 30.0 Å². The molecule has 1 N–H and O–H groups in total. The van der Waals surface area contributed by atoms with Gasteiger partial charge in [0.25, 0.3) is 0 Å². The quantitative estimate of drug-likeness (QED) is 0.817. The van der Waals surface area contributed by atoms with Gasteiger partial charge in [0.05, 0.1) is 0 Å². The Bertz CT molecular complexity index is 768. The molecule has 1 aromatic rings. The van der Waals surface area contributed by atoms with E-state index in [1.54, 1.807) is 6.92 Å². The lowest BCUT2D eigenvalue weighted by Gasteiger charge is -2.37. The zero-order chi connectivity index (χ0) is 16.8. The Morgan fingerprint density at radius 3 is 2.26 bits per heavy atom. The van der Waals surface area contributed by atoms with Gasteiger partial charge in [-0.1, -0.05) is 18.0 Å². The van der Waals surface area contributed by atoms with Crippen molar-refractivity contribution < 1.29 is 21.4 Å². The highest BCUT2D eigenvalue weighted by Crippen LogP contribution is 2.29. The highest BCUT2D eigenvalue weighted by molar-refractivity contribution is 7.91. The Morgan fingerprint density at radius 2 is 1.74 bits per heavy atom. The predicted octanol–water partition coefficient (Wildman–Crippen LogP) is 0.526. The molecular weight excluding hydrogens is 342 g/mol. The fraction of sp³-hybridized carbons (Fsp3) is 0.769. The molecule has 1 saturated heterocycles. The third kappa shape index (κ3) is 3.04. The molecule has 1 aromatic heterocycles. The molecule has 0 aromatic carbocycles. The second-order valence-corrected chi connectivity index (χ2v) is 10.1. The van der Waals surface area contributed by atoms with Crippen LogP contribution in [-0.2, 0) is 20.0 Å². The number of rotatable bonds is 5. The summed E-state index contributed by atoms with van der Waals surface area (Å²) < 4.78 is 58.5. The van der Waals surface area contributed by atoms with Crippen LogP contribution in [0.4, 0.5) is 0 Å². The molecule has 2 fully saturated rings. The van der Waals surface area contributed by atoms with E-state index in [-0.39, 0.29) is 35.5 Å². The molecule has 1 aliphatic heterocycles. The molecule has 0 bridgehead atoms. The van der Waals surface area contributed by atoms with Crippen LogP contribution in [0, 0.1) is 13.8 Å². The molecule has 1 aliphatic carbocycles. The number of nitrogens with zero attached hydrogens (tertiary/aromatic N) is 2. The maximum absolute atomic E-state index is 12.5. The Hall–Kier alpha value is -0.970. The van der Waals surface area contributed by atoms with Crippen LogP contribution in [0.5, 0.6) is 0 Å². The zero-order valence-electron chi connectivity index (χ0n) is 13.1. The highest BCUT2D eigenvalue weighted by atomic mass is 32.2. The van der Waals surface area contributed by atoms with Gasteiger partial charge in [0, 0.05) is 19.1 Å². The van der Waals surface area contributed by atoms with E-state index in [1.165, 1.54) is 6.92 Å². The number of sulfonamides is 2. The van der Waals surface area contributed by atoms with Gasteiger partial charge in [0.2, 0.25) is 20.0 Å². The third-order valence-electron chi connectivity index (χ3n) is 4.51. The molecule has 1 saturated carbocycles. The van der Waals surface area contributed by atoms with Gasteiger partial charge >= 0.3 is 0 Å². The predicted molar refractivity (Wildman–Crippen MR) is 82.8 cm³/mol. The van der Waals surface area contributed by atoms with E-state index in [4.69, 9.17) is 4.52 Å². The second kappa shape index (κ2) is 5.83. The summed E-state index contributed by atoms with van der Waals surface area (Å²) in [6, 6.07) is -0.00628. The smallest absolute Gasteiger partial charge is 0.248 e. The zero-order valence-corrected chi connectivity index (χ0v) is 14.8. The van der Waals surface area contributed by atoms with E-state index >= 15 is 0 Å². The summed E-state index contributed by atoms with van der Waals surface area (Å²) in [6.45, 7) is 3.02. The molecule has 2 aliphatic rings. The fourth-order valence-electron chi connectivity index (χ4n) is 3.14.